The first-order valence-electron chi connectivity index (χ1n) is 7.23. The third-order valence-electron chi connectivity index (χ3n) is 4.05. The molecule has 1 fully saturated rings. The van der Waals surface area contributed by atoms with Crippen LogP contribution in [0.25, 0.3) is 0 Å². The maximum Gasteiger partial charge on any atom is 0.218 e. The SMILES string of the molecule is Cc1ccc(CS(=O)(=O)N2CCS(=O)C(C)(C)CC2)c(F)c1. The van der Waals surface area contributed by atoms with Crippen molar-refractivity contribution in [2.45, 2.75) is 37.7 Å². The minimum atomic E-state index is -3.61. The Morgan fingerprint density at radius 3 is 2.64 bits per heavy atom. The van der Waals surface area contributed by atoms with Crippen molar-refractivity contribution >= 4 is 20.8 Å². The summed E-state index contributed by atoms with van der Waals surface area (Å²) in [7, 11) is -4.67. The number of hydrogen-bond acceptors (Lipinski definition) is 3. The van der Waals surface area contributed by atoms with Crippen LogP contribution in [0, 0.1) is 12.7 Å². The first-order chi connectivity index (χ1) is 10.1. The first-order valence-corrected chi connectivity index (χ1v) is 10.2. The van der Waals surface area contributed by atoms with Crippen LogP contribution < -0.4 is 0 Å². The molecule has 0 radical (unpaired) electrons. The molecule has 7 heteroatoms. The molecule has 0 N–H and O–H groups in total. The number of halogens is 1. The zero-order valence-corrected chi connectivity index (χ0v) is 14.8. The van der Waals surface area contributed by atoms with E-state index in [-0.39, 0.29) is 22.6 Å². The van der Waals surface area contributed by atoms with Gasteiger partial charge in [-0.3, -0.25) is 4.21 Å². The van der Waals surface area contributed by atoms with Gasteiger partial charge in [0.05, 0.1) is 5.75 Å². The van der Waals surface area contributed by atoms with Gasteiger partial charge in [-0.15, -0.1) is 0 Å². The van der Waals surface area contributed by atoms with Crippen LogP contribution in [0.3, 0.4) is 0 Å². The number of nitrogens with zero attached hydrogens (tertiary/aromatic N) is 1. The molecule has 0 saturated carbocycles. The standard InChI is InChI=1S/C15H22FNO3S2/c1-12-4-5-13(14(16)10-12)11-22(19,20)17-7-6-15(2,3)21(18)9-8-17/h4-5,10H,6-9,11H2,1-3H3. The van der Waals surface area contributed by atoms with Crippen LogP contribution in [0.15, 0.2) is 18.2 Å². The summed E-state index contributed by atoms with van der Waals surface area (Å²) in [6.45, 7) is 6.09. The van der Waals surface area contributed by atoms with Gasteiger partial charge < -0.3 is 0 Å². The summed E-state index contributed by atoms with van der Waals surface area (Å²) in [5.41, 5.74) is 0.931. The molecule has 0 amide bonds. The van der Waals surface area contributed by atoms with E-state index in [1.165, 1.54) is 16.4 Å². The lowest BCUT2D eigenvalue weighted by Gasteiger charge is -2.22. The maximum atomic E-state index is 13.9. The van der Waals surface area contributed by atoms with E-state index < -0.39 is 26.6 Å². The molecule has 1 atom stereocenters. The van der Waals surface area contributed by atoms with E-state index in [9.17, 15) is 17.0 Å². The number of sulfonamides is 1. The Morgan fingerprint density at radius 1 is 1.32 bits per heavy atom. The van der Waals surface area contributed by atoms with Crippen molar-refractivity contribution in [3.05, 3.63) is 35.1 Å². The normalized spacial score (nSPS) is 23.2. The molecule has 1 unspecified atom stereocenters. The monoisotopic (exact) mass is 347 g/mol. The molecule has 0 bridgehead atoms. The van der Waals surface area contributed by atoms with Crippen LogP contribution in [0.4, 0.5) is 4.39 Å². The van der Waals surface area contributed by atoms with Gasteiger partial charge in [0.2, 0.25) is 10.0 Å². The minimum absolute atomic E-state index is 0.176. The lowest BCUT2D eigenvalue weighted by Crippen LogP contribution is -2.34. The Bertz CT molecular complexity index is 686. The van der Waals surface area contributed by atoms with Gasteiger partial charge in [-0.25, -0.2) is 17.1 Å². The molecular weight excluding hydrogens is 325 g/mol. The second-order valence-corrected chi connectivity index (χ2v) is 10.5. The van der Waals surface area contributed by atoms with E-state index in [0.717, 1.165) is 5.56 Å². The van der Waals surface area contributed by atoms with Crippen molar-refractivity contribution in [3.63, 3.8) is 0 Å². The molecule has 0 spiro atoms. The Balaban J connectivity index is 2.18. The molecule has 2 rings (SSSR count). The van der Waals surface area contributed by atoms with E-state index >= 15 is 0 Å². The summed E-state index contributed by atoms with van der Waals surface area (Å²) in [5.74, 6) is -0.531. The second-order valence-electron chi connectivity index (χ2n) is 6.31. The minimum Gasteiger partial charge on any atom is -0.259 e. The zero-order valence-electron chi connectivity index (χ0n) is 13.1. The third kappa shape index (κ3) is 3.94. The summed E-state index contributed by atoms with van der Waals surface area (Å²) in [5, 5.41) is 0. The van der Waals surface area contributed by atoms with Gasteiger partial charge in [-0.1, -0.05) is 12.1 Å². The van der Waals surface area contributed by atoms with Crippen molar-refractivity contribution in [3.8, 4) is 0 Å². The quantitative estimate of drug-likeness (QED) is 0.842. The number of hydrogen-bond donors (Lipinski definition) is 0. The summed E-state index contributed by atoms with van der Waals surface area (Å²) < 4.78 is 52.0. The Morgan fingerprint density at radius 2 is 2.00 bits per heavy atom. The van der Waals surface area contributed by atoms with E-state index in [1.54, 1.807) is 13.0 Å². The highest BCUT2D eigenvalue weighted by atomic mass is 32.2. The highest BCUT2D eigenvalue weighted by molar-refractivity contribution is 7.88. The Hall–Kier alpha value is -0.790. The molecule has 0 aliphatic carbocycles. The summed E-state index contributed by atoms with van der Waals surface area (Å²) in [6.07, 6.45) is 0.537. The van der Waals surface area contributed by atoms with Crippen molar-refractivity contribution in [1.82, 2.24) is 4.31 Å². The second kappa shape index (κ2) is 6.37. The van der Waals surface area contributed by atoms with Gasteiger partial charge in [0.25, 0.3) is 0 Å². The predicted molar refractivity (Wildman–Crippen MR) is 87.0 cm³/mol. The molecule has 4 nitrogen and oxygen atoms in total. The van der Waals surface area contributed by atoms with Crippen molar-refractivity contribution in [2.24, 2.45) is 0 Å². The van der Waals surface area contributed by atoms with Gasteiger partial charge in [0, 0.05) is 40.0 Å². The topological polar surface area (TPSA) is 54.5 Å². The van der Waals surface area contributed by atoms with Gasteiger partial charge in [-0.2, -0.15) is 0 Å². The van der Waals surface area contributed by atoms with Crippen molar-refractivity contribution < 1.29 is 17.0 Å². The number of aryl methyl sites for hydroxylation is 1. The fourth-order valence-electron chi connectivity index (χ4n) is 2.42. The molecule has 1 aromatic rings. The average Bonchev–Trinajstić information content (AvgIpc) is 2.53. The van der Waals surface area contributed by atoms with Gasteiger partial charge >= 0.3 is 0 Å². The molecule has 1 heterocycles. The van der Waals surface area contributed by atoms with Gasteiger partial charge in [0.15, 0.2) is 0 Å². The van der Waals surface area contributed by atoms with Gasteiger partial charge in [-0.05, 0) is 38.8 Å². The molecule has 124 valence electrons. The van der Waals surface area contributed by atoms with E-state index in [4.69, 9.17) is 0 Å². The lowest BCUT2D eigenvalue weighted by atomic mass is 10.1. The molecule has 1 aliphatic rings. The van der Waals surface area contributed by atoms with Crippen LogP contribution in [0.1, 0.15) is 31.4 Å². The average molecular weight is 347 g/mol. The highest BCUT2D eigenvalue weighted by Crippen LogP contribution is 2.24. The third-order valence-corrected chi connectivity index (χ3v) is 7.86. The van der Waals surface area contributed by atoms with Crippen LogP contribution in [-0.2, 0) is 26.6 Å². The molecule has 1 aliphatic heterocycles. The Kier molecular flexibility index (Phi) is 5.09. The molecule has 0 aromatic heterocycles. The van der Waals surface area contributed by atoms with Crippen LogP contribution in [0.2, 0.25) is 0 Å². The van der Waals surface area contributed by atoms with E-state index in [2.05, 4.69) is 0 Å². The molecule has 1 aromatic carbocycles. The zero-order chi connectivity index (χ0) is 16.5. The van der Waals surface area contributed by atoms with Crippen LogP contribution in [-0.4, -0.2) is 40.5 Å². The predicted octanol–water partition coefficient (Wildman–Crippen LogP) is 2.20. The maximum absolute atomic E-state index is 13.9. The fourth-order valence-corrected chi connectivity index (χ4v) is 5.34. The largest absolute Gasteiger partial charge is 0.259 e. The molecule has 1 saturated heterocycles. The number of rotatable bonds is 3. The van der Waals surface area contributed by atoms with Gasteiger partial charge in [0.1, 0.15) is 5.82 Å². The summed E-state index contributed by atoms with van der Waals surface area (Å²) >= 11 is 0. The van der Waals surface area contributed by atoms with Crippen LogP contribution >= 0.6 is 0 Å². The lowest BCUT2D eigenvalue weighted by molar-refractivity contribution is 0.413. The summed E-state index contributed by atoms with van der Waals surface area (Å²) in [6, 6.07) is 4.56. The Labute approximate surface area is 134 Å². The van der Waals surface area contributed by atoms with Crippen molar-refractivity contribution in [1.29, 1.82) is 0 Å². The smallest absolute Gasteiger partial charge is 0.218 e. The van der Waals surface area contributed by atoms with Crippen LogP contribution in [0.5, 0.6) is 0 Å². The van der Waals surface area contributed by atoms with E-state index in [0.29, 0.717) is 18.7 Å². The summed E-state index contributed by atoms with van der Waals surface area (Å²) in [4.78, 5) is 0. The highest BCUT2D eigenvalue weighted by Gasteiger charge is 2.34. The molecule has 22 heavy (non-hydrogen) atoms. The molecular formula is C15H22FNO3S2. The van der Waals surface area contributed by atoms with Crippen molar-refractivity contribution in [2.75, 3.05) is 18.8 Å². The number of benzene rings is 1. The fraction of sp³-hybridized carbons (Fsp3) is 0.600. The van der Waals surface area contributed by atoms with E-state index in [1.807, 2.05) is 13.8 Å². The first kappa shape index (κ1) is 17.6.